The average Bonchev–Trinajstić information content (AvgIpc) is 3.12. The number of carboxylic acids is 4. The first-order valence-corrected chi connectivity index (χ1v) is 21.2. The molecule has 26 heteroatoms. The van der Waals surface area contributed by atoms with Gasteiger partial charge in [-0.15, -0.1) is 0 Å². The maximum Gasteiger partial charge on any atom is 0.342 e. The van der Waals surface area contributed by atoms with Gasteiger partial charge in [-0.1, -0.05) is 116 Å². The summed E-state index contributed by atoms with van der Waals surface area (Å²) >= 11 is 65.1. The summed E-state index contributed by atoms with van der Waals surface area (Å²) in [5.74, 6) is -4.64. The van der Waals surface area contributed by atoms with Crippen molar-refractivity contribution in [1.82, 2.24) is 0 Å². The highest BCUT2D eigenvalue weighted by Gasteiger charge is 2.24. The minimum atomic E-state index is -1.44. The lowest BCUT2D eigenvalue weighted by Gasteiger charge is -2.02. The van der Waals surface area contributed by atoms with Gasteiger partial charge in [0.2, 0.25) is 0 Å². The van der Waals surface area contributed by atoms with Gasteiger partial charge in [-0.25, -0.2) is 19.2 Å². The van der Waals surface area contributed by atoms with E-state index < -0.39 is 45.3 Å². The van der Waals surface area contributed by atoms with Gasteiger partial charge in [-0.2, -0.15) is 0 Å². The number of aromatic carboxylic acids is 4. The van der Waals surface area contributed by atoms with Gasteiger partial charge >= 0.3 is 29.6 Å². The number of nitro groups is 1. The molecule has 0 spiro atoms. The first-order chi connectivity index (χ1) is 28.1. The van der Waals surface area contributed by atoms with Crippen LogP contribution < -0.4 is 5.73 Å². The van der Waals surface area contributed by atoms with Crippen LogP contribution in [0.4, 0.5) is 11.4 Å². The molecule has 0 aliphatic heterocycles. The molecule has 0 aliphatic carbocycles. The number of carboxylic acid groups (broad SMARTS) is 4. The fourth-order valence-electron chi connectivity index (χ4n) is 3.76. The topological polar surface area (TPSA) is 235 Å². The number of nitrogens with zero attached hydrogens (tertiary/aromatic N) is 1. The predicted molar refractivity (Wildman–Crippen MR) is 257 cm³/mol. The van der Waals surface area contributed by atoms with E-state index in [-0.39, 0.29) is 42.5 Å². The largest absolute Gasteiger partial charge is 0.478 e. The van der Waals surface area contributed by atoms with Crippen LogP contribution in [0.2, 0.25) is 50.2 Å². The molecule has 0 amide bonds. The van der Waals surface area contributed by atoms with Crippen LogP contribution in [-0.4, -0.2) is 54.5 Å². The number of anilines is 1. The van der Waals surface area contributed by atoms with E-state index in [2.05, 4.69) is 0 Å². The number of carbonyl (C=O) groups is 5. The number of benzene rings is 5. The van der Waals surface area contributed by atoms with Gasteiger partial charge < -0.3 is 26.2 Å². The fourth-order valence-corrected chi connectivity index (χ4v) is 7.74. The molecule has 0 saturated carbocycles. The summed E-state index contributed by atoms with van der Waals surface area (Å²) in [6.45, 7) is 0. The first kappa shape index (κ1) is 56.5. The minimum Gasteiger partial charge on any atom is -0.478 e. The molecule has 6 N–H and O–H groups in total. The molecule has 0 fully saturated rings. The average molecular weight is 1290 g/mol. The second-order valence-corrected chi connectivity index (χ2v) is 17.3. The third kappa shape index (κ3) is 18.6. The Labute approximate surface area is 425 Å². The molecule has 0 bridgehead atoms. The van der Waals surface area contributed by atoms with E-state index in [4.69, 9.17) is 154 Å². The highest BCUT2D eigenvalue weighted by Crippen LogP contribution is 2.32. The van der Waals surface area contributed by atoms with E-state index in [1.54, 1.807) is 6.07 Å². The van der Waals surface area contributed by atoms with Gasteiger partial charge in [-0.05, 0) is 124 Å². The zero-order chi connectivity index (χ0) is 47.2. The molecule has 0 saturated heterocycles. The van der Waals surface area contributed by atoms with Crippen molar-refractivity contribution in [2.75, 3.05) is 5.73 Å². The minimum absolute atomic E-state index is 0.0357. The quantitative estimate of drug-likeness (QED) is 0.0267. The molecule has 5 aromatic carbocycles. The zero-order valence-electron chi connectivity index (χ0n) is 28.9. The molecule has 13 nitrogen and oxygen atoms in total. The van der Waals surface area contributed by atoms with E-state index in [1.807, 2.05) is 45.2 Å². The number of carbonyl (C=O) groups excluding carboxylic acids is 1. The summed E-state index contributed by atoms with van der Waals surface area (Å²) in [5.41, 5.74) is 4.74. The van der Waals surface area contributed by atoms with Crippen LogP contribution in [0.3, 0.4) is 0 Å². The van der Waals surface area contributed by atoms with Crippen molar-refractivity contribution in [2.24, 2.45) is 0 Å². The van der Waals surface area contributed by atoms with Gasteiger partial charge in [0.25, 0.3) is 5.24 Å². The van der Waals surface area contributed by atoms with Gasteiger partial charge in [0.05, 0.1) is 47.9 Å². The SMILES string of the molecule is Nc1c(Cl)cc(Cl)cc1C(=O)O.O=C(Cl)c1cc(Cl)cc(Cl)c1I.O=C(O)c1cc(Cl)cc(Cl)c1.O=C(O)c1cc(Cl)cc(Cl)c1I.O=C(O)c1cc(Cl)cc(Cl)c1[N+](=O)[O-]. The third-order valence-electron chi connectivity index (χ3n) is 6.30. The molecule has 0 radical (unpaired) electrons. The van der Waals surface area contributed by atoms with E-state index >= 15 is 0 Å². The van der Waals surface area contributed by atoms with Crippen LogP contribution in [0.25, 0.3) is 0 Å². The molecule has 324 valence electrons. The smallest absolute Gasteiger partial charge is 0.342 e. The van der Waals surface area contributed by atoms with Gasteiger partial charge in [-0.3, -0.25) is 14.9 Å². The van der Waals surface area contributed by atoms with E-state index in [9.17, 15) is 34.1 Å². The number of rotatable bonds is 6. The molecular weight excluding hydrogens is 1270 g/mol. The Kier molecular flexibility index (Phi) is 24.4. The standard InChI is InChI=1S/C7H2Cl3IO.C7H3Cl2IO2.C7H3Cl2NO4.C7H5Cl2NO2.C7H4Cl2O2/c8-3-1-4(7(10)12)6(11)5(9)2-3;8-3-1-4(7(11)12)6(10)5(9)2-3;8-3-1-4(7(11)12)6(10(13)14)5(9)2-3;8-3-1-4(7(11)12)6(10)5(9)2-3;8-5-1-4(7(10)11)2-6(9)3-5/h1-2H;1-2H,(H,11,12);1-2H,(H,11,12);1-2H,10H2,(H,11,12);1-3H,(H,10,11). The monoisotopic (exact) mass is 1280 g/mol. The highest BCUT2D eigenvalue weighted by molar-refractivity contribution is 14.1. The van der Waals surface area contributed by atoms with E-state index in [0.29, 0.717) is 42.8 Å². The Morgan fingerprint density at radius 2 is 0.803 bits per heavy atom. The Bertz CT molecular complexity index is 2350. The van der Waals surface area contributed by atoms with Crippen LogP contribution in [0, 0.1) is 17.3 Å². The molecule has 5 rings (SSSR count). The Morgan fingerprint density at radius 3 is 1.18 bits per heavy atom. The maximum absolute atomic E-state index is 10.8. The number of hydrogen-bond acceptors (Lipinski definition) is 8. The third-order valence-corrected chi connectivity index (χ3v) is 12.0. The summed E-state index contributed by atoms with van der Waals surface area (Å²) in [6, 6.07) is 14.9. The van der Waals surface area contributed by atoms with E-state index in [1.165, 1.54) is 48.5 Å². The number of nitrogens with two attached hydrogens (primary N) is 1. The molecule has 0 heterocycles. The lowest BCUT2D eigenvalue weighted by molar-refractivity contribution is -0.385. The van der Waals surface area contributed by atoms with Crippen molar-refractivity contribution in [1.29, 1.82) is 0 Å². The van der Waals surface area contributed by atoms with Crippen molar-refractivity contribution >= 4 is 213 Å². The van der Waals surface area contributed by atoms with Crippen LogP contribution in [0.5, 0.6) is 0 Å². The summed E-state index contributed by atoms with van der Waals surface area (Å²) in [4.78, 5) is 62.6. The normalized spacial score (nSPS) is 9.85. The van der Waals surface area contributed by atoms with Crippen molar-refractivity contribution < 1.29 is 49.3 Å². The van der Waals surface area contributed by atoms with Crippen molar-refractivity contribution in [3.8, 4) is 0 Å². The van der Waals surface area contributed by atoms with Crippen molar-refractivity contribution in [2.45, 2.75) is 0 Å². The molecule has 0 atom stereocenters. The highest BCUT2D eigenvalue weighted by atomic mass is 127. The van der Waals surface area contributed by atoms with E-state index in [0.717, 1.165) is 12.1 Å². The van der Waals surface area contributed by atoms with Crippen LogP contribution in [0.15, 0.2) is 66.7 Å². The number of halogens is 13. The second kappa shape index (κ2) is 26.3. The predicted octanol–water partition coefficient (Wildman–Crippen LogP) is 14.8. The molecule has 0 aromatic heterocycles. The first-order valence-electron chi connectivity index (χ1n) is 14.9. The summed E-state index contributed by atoms with van der Waals surface area (Å²) in [6.07, 6.45) is 0. The second-order valence-electron chi connectivity index (χ2n) is 10.5. The molecule has 0 unspecified atom stereocenters. The maximum atomic E-state index is 10.8. The summed E-state index contributed by atoms with van der Waals surface area (Å²) in [7, 11) is 0. The Morgan fingerprint density at radius 1 is 0.475 bits per heavy atom. The van der Waals surface area contributed by atoms with Crippen molar-refractivity contribution in [3.63, 3.8) is 0 Å². The van der Waals surface area contributed by atoms with Crippen LogP contribution in [-0.2, 0) is 0 Å². The van der Waals surface area contributed by atoms with Crippen LogP contribution >= 0.6 is 173 Å². The number of hydrogen-bond donors (Lipinski definition) is 5. The Balaban J connectivity index is 0.000000382. The van der Waals surface area contributed by atoms with Crippen molar-refractivity contribution in [3.05, 3.63) is 162 Å². The molecule has 0 aliphatic rings. The van der Waals surface area contributed by atoms with Gasteiger partial charge in [0.15, 0.2) is 0 Å². The zero-order valence-corrected chi connectivity index (χ0v) is 41.6. The fraction of sp³-hybridized carbons (Fsp3) is 0. The summed E-state index contributed by atoms with van der Waals surface area (Å²) < 4.78 is 1.13. The summed E-state index contributed by atoms with van der Waals surface area (Å²) in [5, 5.41) is 46.7. The molecular formula is C35H17Cl11I2N2O11. The number of nitrogen functional groups attached to an aromatic ring is 1. The van der Waals surface area contributed by atoms with Gasteiger partial charge in [0, 0.05) is 37.3 Å². The van der Waals surface area contributed by atoms with Crippen LogP contribution in [0.1, 0.15) is 51.8 Å². The lowest BCUT2D eigenvalue weighted by Crippen LogP contribution is -2.03. The Hall–Kier alpha value is -2.50. The molecule has 5 aromatic rings. The molecule has 61 heavy (non-hydrogen) atoms. The number of nitro benzene ring substituents is 1. The van der Waals surface area contributed by atoms with Gasteiger partial charge in [0.1, 0.15) is 10.6 Å². The lowest BCUT2D eigenvalue weighted by atomic mass is 10.2.